The Labute approximate surface area is 139 Å². The van der Waals surface area contributed by atoms with Crippen LogP contribution in [-0.4, -0.2) is 54.2 Å². The number of rotatable bonds is 10. The fourth-order valence-corrected chi connectivity index (χ4v) is 2.20. The average molecular weight is 334 g/mol. The van der Waals surface area contributed by atoms with Gasteiger partial charge in [0.05, 0.1) is 12.1 Å². The number of aliphatic hydroxyl groups is 2. The molecule has 1 aromatic carbocycles. The molecule has 130 valence electrons. The molecule has 0 radical (unpaired) electrons. The summed E-state index contributed by atoms with van der Waals surface area (Å²) in [5.41, 5.74) is 0.231. The van der Waals surface area contributed by atoms with Gasteiger partial charge in [-0.25, -0.2) is 0 Å². The summed E-state index contributed by atoms with van der Waals surface area (Å²) in [5.74, 6) is 0.984. The van der Waals surface area contributed by atoms with E-state index in [0.29, 0.717) is 35.5 Å². The first-order chi connectivity index (χ1) is 11.7. The van der Waals surface area contributed by atoms with Gasteiger partial charge in [-0.2, -0.15) is 0 Å². The molecule has 1 unspecified atom stereocenters. The van der Waals surface area contributed by atoms with Crippen LogP contribution in [0, 0.1) is 0 Å². The molecule has 7 nitrogen and oxygen atoms in total. The molecule has 4 N–H and O–H groups in total. The zero-order valence-electron chi connectivity index (χ0n) is 13.3. The number of hydrogen-bond donors (Lipinski definition) is 4. The zero-order chi connectivity index (χ0) is 17.4. The summed E-state index contributed by atoms with van der Waals surface area (Å²) in [4.78, 5) is 14.3. The smallest absolute Gasteiger partial charge is 0.248 e. The van der Waals surface area contributed by atoms with Crippen LogP contribution in [0.3, 0.4) is 0 Å². The van der Waals surface area contributed by atoms with Crippen LogP contribution < -0.4 is 20.3 Å². The Hall–Kier alpha value is -2.35. The number of aliphatic hydroxyl groups excluding tert-OH is 2. The SMILES string of the molecule is C=CCNCC(O)COc1ccc(OCCO)c2[nH]c(=O)ccc12. The Bertz CT molecular complexity index is 728. The lowest BCUT2D eigenvalue weighted by Gasteiger charge is -2.15. The van der Waals surface area contributed by atoms with Gasteiger partial charge in [0.15, 0.2) is 0 Å². The second-order valence-corrected chi connectivity index (χ2v) is 5.16. The van der Waals surface area contributed by atoms with Crippen LogP contribution in [0.1, 0.15) is 0 Å². The molecule has 24 heavy (non-hydrogen) atoms. The highest BCUT2D eigenvalue weighted by molar-refractivity contribution is 5.89. The van der Waals surface area contributed by atoms with Crippen LogP contribution in [0.4, 0.5) is 0 Å². The van der Waals surface area contributed by atoms with Gasteiger partial charge in [0.1, 0.15) is 30.8 Å². The third-order valence-corrected chi connectivity index (χ3v) is 3.27. The zero-order valence-corrected chi connectivity index (χ0v) is 13.3. The molecule has 1 heterocycles. The standard InChI is InChI=1S/C17H22N2O5/c1-2-7-18-10-12(21)11-24-14-4-5-15(23-9-8-20)17-13(14)3-6-16(22)19-17/h2-6,12,18,20-21H,1,7-11H2,(H,19,22). The second kappa shape index (κ2) is 9.07. The van der Waals surface area contributed by atoms with Gasteiger partial charge in [-0.1, -0.05) is 6.08 Å². The van der Waals surface area contributed by atoms with Crippen LogP contribution in [0.15, 0.2) is 41.7 Å². The van der Waals surface area contributed by atoms with Crippen molar-refractivity contribution in [2.24, 2.45) is 0 Å². The van der Waals surface area contributed by atoms with E-state index in [1.807, 2.05) is 0 Å². The largest absolute Gasteiger partial charge is 0.490 e. The first-order valence-electron chi connectivity index (χ1n) is 7.68. The molecule has 0 amide bonds. The molecule has 7 heteroatoms. The van der Waals surface area contributed by atoms with E-state index >= 15 is 0 Å². The predicted octanol–water partition coefficient (Wildman–Crippen LogP) is 0.414. The average Bonchev–Trinajstić information content (AvgIpc) is 2.58. The number of hydrogen-bond acceptors (Lipinski definition) is 6. The lowest BCUT2D eigenvalue weighted by atomic mass is 10.2. The highest BCUT2D eigenvalue weighted by Gasteiger charge is 2.11. The minimum Gasteiger partial charge on any atom is -0.490 e. The number of benzene rings is 1. The van der Waals surface area contributed by atoms with Gasteiger partial charge in [0, 0.05) is 24.5 Å². The lowest BCUT2D eigenvalue weighted by molar-refractivity contribution is 0.108. The molecule has 1 atom stereocenters. The van der Waals surface area contributed by atoms with Crippen molar-refractivity contribution in [1.29, 1.82) is 0 Å². The first-order valence-corrected chi connectivity index (χ1v) is 7.68. The Morgan fingerprint density at radius 1 is 1.25 bits per heavy atom. The van der Waals surface area contributed by atoms with Crippen molar-refractivity contribution < 1.29 is 19.7 Å². The van der Waals surface area contributed by atoms with Gasteiger partial charge in [-0.05, 0) is 18.2 Å². The number of fused-ring (bicyclic) bond motifs is 1. The summed E-state index contributed by atoms with van der Waals surface area (Å²) < 4.78 is 11.1. The van der Waals surface area contributed by atoms with E-state index in [-0.39, 0.29) is 25.4 Å². The molecule has 0 fully saturated rings. The van der Waals surface area contributed by atoms with Gasteiger partial charge in [-0.3, -0.25) is 4.79 Å². The van der Waals surface area contributed by atoms with Crippen LogP contribution in [0.25, 0.3) is 10.9 Å². The molecule has 0 saturated heterocycles. The summed E-state index contributed by atoms with van der Waals surface area (Å²) in [6, 6.07) is 6.40. The quantitative estimate of drug-likeness (QED) is 0.371. The topological polar surface area (TPSA) is 104 Å². The van der Waals surface area contributed by atoms with E-state index in [0.717, 1.165) is 0 Å². The molecule has 0 aliphatic heterocycles. The predicted molar refractivity (Wildman–Crippen MR) is 91.7 cm³/mol. The van der Waals surface area contributed by atoms with Gasteiger partial charge in [-0.15, -0.1) is 6.58 Å². The molecule has 0 aliphatic carbocycles. The molecular weight excluding hydrogens is 312 g/mol. The highest BCUT2D eigenvalue weighted by Crippen LogP contribution is 2.31. The molecular formula is C17H22N2O5. The van der Waals surface area contributed by atoms with Gasteiger partial charge < -0.3 is 30.0 Å². The normalized spacial score (nSPS) is 12.1. The molecule has 1 aromatic heterocycles. The number of ether oxygens (including phenoxy) is 2. The minimum atomic E-state index is -0.673. The number of aromatic nitrogens is 1. The maximum absolute atomic E-state index is 11.6. The second-order valence-electron chi connectivity index (χ2n) is 5.16. The van der Waals surface area contributed by atoms with Crippen molar-refractivity contribution in [3.63, 3.8) is 0 Å². The monoisotopic (exact) mass is 334 g/mol. The summed E-state index contributed by atoms with van der Waals surface area (Å²) in [6.07, 6.45) is 1.04. The fourth-order valence-electron chi connectivity index (χ4n) is 2.20. The molecule has 2 rings (SSSR count). The van der Waals surface area contributed by atoms with E-state index in [9.17, 15) is 9.90 Å². The third-order valence-electron chi connectivity index (χ3n) is 3.27. The lowest BCUT2D eigenvalue weighted by Crippen LogP contribution is -2.31. The van der Waals surface area contributed by atoms with Crippen molar-refractivity contribution in [2.75, 3.05) is 32.9 Å². The molecule has 0 bridgehead atoms. The summed E-state index contributed by atoms with van der Waals surface area (Å²) >= 11 is 0. The van der Waals surface area contributed by atoms with E-state index in [1.165, 1.54) is 6.07 Å². The van der Waals surface area contributed by atoms with Crippen LogP contribution in [0.5, 0.6) is 11.5 Å². The molecule has 2 aromatic rings. The van der Waals surface area contributed by atoms with Crippen molar-refractivity contribution in [3.05, 3.63) is 47.3 Å². The summed E-state index contributed by atoms with van der Waals surface area (Å²) in [5, 5.41) is 22.4. The van der Waals surface area contributed by atoms with E-state index < -0.39 is 6.10 Å². The van der Waals surface area contributed by atoms with Crippen LogP contribution in [0.2, 0.25) is 0 Å². The third kappa shape index (κ3) is 4.82. The number of H-pyrrole nitrogens is 1. The van der Waals surface area contributed by atoms with Crippen molar-refractivity contribution in [3.8, 4) is 11.5 Å². The Morgan fingerprint density at radius 2 is 2.04 bits per heavy atom. The summed E-state index contributed by atoms with van der Waals surface area (Å²) in [6.45, 7) is 4.69. The Morgan fingerprint density at radius 3 is 2.79 bits per heavy atom. The van der Waals surface area contributed by atoms with Gasteiger partial charge in [0.25, 0.3) is 0 Å². The number of pyridine rings is 1. The maximum atomic E-state index is 11.6. The van der Waals surface area contributed by atoms with Gasteiger partial charge >= 0.3 is 0 Å². The maximum Gasteiger partial charge on any atom is 0.248 e. The minimum absolute atomic E-state index is 0.106. The number of aromatic amines is 1. The Balaban J connectivity index is 2.16. The van der Waals surface area contributed by atoms with E-state index in [1.54, 1.807) is 24.3 Å². The van der Waals surface area contributed by atoms with Crippen molar-refractivity contribution in [1.82, 2.24) is 10.3 Å². The van der Waals surface area contributed by atoms with Crippen LogP contribution >= 0.6 is 0 Å². The van der Waals surface area contributed by atoms with Crippen molar-refractivity contribution in [2.45, 2.75) is 6.10 Å². The fraction of sp³-hybridized carbons (Fsp3) is 0.353. The Kier molecular flexibility index (Phi) is 6.80. The number of nitrogens with one attached hydrogen (secondary N) is 2. The molecule has 0 spiro atoms. The van der Waals surface area contributed by atoms with Crippen molar-refractivity contribution >= 4 is 10.9 Å². The summed E-state index contributed by atoms with van der Waals surface area (Å²) in [7, 11) is 0. The molecule has 0 saturated carbocycles. The van der Waals surface area contributed by atoms with E-state index in [4.69, 9.17) is 14.6 Å². The molecule has 0 aliphatic rings. The van der Waals surface area contributed by atoms with E-state index in [2.05, 4.69) is 16.9 Å². The van der Waals surface area contributed by atoms with Gasteiger partial charge in [0.2, 0.25) is 5.56 Å². The first kappa shape index (κ1) is 18.0. The highest BCUT2D eigenvalue weighted by atomic mass is 16.5. The van der Waals surface area contributed by atoms with Crippen LogP contribution in [-0.2, 0) is 0 Å².